The molecule has 1 atom stereocenters. The standard InChI is InChI=1S/C25H24F2N2O3S/c1-3-28-23(31)22(24(32)29(4-2)25(28)33)21(17-8-12-19(27)13-9-17)15-20(30)14-7-16-5-10-18(26)11-6-16/h5-14,21,31H,3-4,15H2,1-2H3/b14-7+. The van der Waals surface area contributed by atoms with E-state index in [2.05, 4.69) is 0 Å². The Labute approximate surface area is 195 Å². The summed E-state index contributed by atoms with van der Waals surface area (Å²) in [6.07, 6.45) is 2.75. The Morgan fingerprint density at radius 2 is 1.55 bits per heavy atom. The quantitative estimate of drug-likeness (QED) is 0.363. The highest BCUT2D eigenvalue weighted by Crippen LogP contribution is 2.32. The molecule has 3 aromatic rings. The Bertz CT molecular complexity index is 1290. The lowest BCUT2D eigenvalue weighted by Gasteiger charge is -2.21. The second-order valence-corrected chi connectivity index (χ2v) is 7.84. The van der Waals surface area contributed by atoms with Crippen LogP contribution in [0.3, 0.4) is 0 Å². The number of rotatable bonds is 8. The summed E-state index contributed by atoms with van der Waals surface area (Å²) in [5.74, 6) is -2.29. The molecular weight excluding hydrogens is 446 g/mol. The number of aromatic hydroxyl groups is 1. The van der Waals surface area contributed by atoms with Crippen LogP contribution in [0.15, 0.2) is 59.4 Å². The molecule has 0 bridgehead atoms. The topological polar surface area (TPSA) is 64.2 Å². The van der Waals surface area contributed by atoms with Gasteiger partial charge in [-0.15, -0.1) is 0 Å². The molecule has 0 saturated carbocycles. The van der Waals surface area contributed by atoms with Crippen LogP contribution in [-0.4, -0.2) is 20.0 Å². The highest BCUT2D eigenvalue weighted by molar-refractivity contribution is 7.71. The van der Waals surface area contributed by atoms with Gasteiger partial charge in [0.2, 0.25) is 5.88 Å². The summed E-state index contributed by atoms with van der Waals surface area (Å²) in [6, 6.07) is 11.1. The molecule has 0 radical (unpaired) electrons. The summed E-state index contributed by atoms with van der Waals surface area (Å²) in [4.78, 5) is 26.1. The van der Waals surface area contributed by atoms with E-state index in [1.165, 1.54) is 63.7 Å². The maximum atomic E-state index is 13.6. The molecule has 2 aromatic carbocycles. The van der Waals surface area contributed by atoms with E-state index in [1.807, 2.05) is 0 Å². The van der Waals surface area contributed by atoms with Crippen LogP contribution in [0.4, 0.5) is 8.78 Å². The van der Waals surface area contributed by atoms with Gasteiger partial charge in [-0.1, -0.05) is 30.3 Å². The third-order valence-corrected chi connectivity index (χ3v) is 5.86. The van der Waals surface area contributed by atoms with Crippen LogP contribution in [0.5, 0.6) is 5.88 Å². The highest BCUT2D eigenvalue weighted by atomic mass is 32.1. The van der Waals surface area contributed by atoms with Crippen molar-refractivity contribution in [3.63, 3.8) is 0 Å². The molecule has 0 amide bonds. The van der Waals surface area contributed by atoms with Crippen LogP contribution < -0.4 is 5.56 Å². The number of halogens is 2. The molecule has 172 valence electrons. The molecule has 0 aliphatic rings. The first-order valence-corrected chi connectivity index (χ1v) is 11.0. The lowest BCUT2D eigenvalue weighted by Crippen LogP contribution is -2.30. The van der Waals surface area contributed by atoms with Gasteiger partial charge in [0, 0.05) is 25.4 Å². The minimum Gasteiger partial charge on any atom is -0.494 e. The number of allylic oxidation sites excluding steroid dienone is 1. The summed E-state index contributed by atoms with van der Waals surface area (Å²) in [7, 11) is 0. The lowest BCUT2D eigenvalue weighted by molar-refractivity contribution is -0.114. The minimum absolute atomic E-state index is 0.0300. The van der Waals surface area contributed by atoms with Gasteiger partial charge in [0.1, 0.15) is 11.6 Å². The van der Waals surface area contributed by atoms with Crippen molar-refractivity contribution < 1.29 is 18.7 Å². The summed E-state index contributed by atoms with van der Waals surface area (Å²) in [5.41, 5.74) is 0.685. The Hall–Kier alpha value is -3.39. The average Bonchev–Trinajstić information content (AvgIpc) is 2.79. The van der Waals surface area contributed by atoms with Crippen molar-refractivity contribution in [2.75, 3.05) is 0 Å². The Morgan fingerprint density at radius 3 is 2.09 bits per heavy atom. The third kappa shape index (κ3) is 5.34. The lowest BCUT2D eigenvalue weighted by atomic mass is 9.87. The monoisotopic (exact) mass is 470 g/mol. The van der Waals surface area contributed by atoms with E-state index in [9.17, 15) is 23.5 Å². The molecule has 1 heterocycles. The van der Waals surface area contributed by atoms with Gasteiger partial charge < -0.3 is 5.11 Å². The van der Waals surface area contributed by atoms with Crippen LogP contribution in [0.25, 0.3) is 6.08 Å². The molecular formula is C25H24F2N2O3S. The van der Waals surface area contributed by atoms with E-state index in [4.69, 9.17) is 12.2 Å². The second-order valence-electron chi connectivity index (χ2n) is 7.47. The fourth-order valence-corrected chi connectivity index (χ4v) is 4.12. The summed E-state index contributed by atoms with van der Waals surface area (Å²) in [5, 5.41) is 10.9. The fraction of sp³-hybridized carbons (Fsp3) is 0.240. The molecule has 33 heavy (non-hydrogen) atoms. The van der Waals surface area contributed by atoms with Crippen molar-refractivity contribution in [1.29, 1.82) is 0 Å². The summed E-state index contributed by atoms with van der Waals surface area (Å²) < 4.78 is 29.7. The second kappa shape index (κ2) is 10.5. The molecule has 0 aliphatic heterocycles. The van der Waals surface area contributed by atoms with Gasteiger partial charge in [0.05, 0.1) is 5.56 Å². The molecule has 0 aliphatic carbocycles. The van der Waals surface area contributed by atoms with E-state index in [-0.39, 0.29) is 34.2 Å². The molecule has 1 unspecified atom stereocenters. The van der Waals surface area contributed by atoms with Crippen LogP contribution >= 0.6 is 12.2 Å². The first kappa shape index (κ1) is 24.3. The van der Waals surface area contributed by atoms with Gasteiger partial charge in [-0.3, -0.25) is 18.7 Å². The zero-order valence-corrected chi connectivity index (χ0v) is 19.1. The Balaban J connectivity index is 2.09. The number of hydrogen-bond acceptors (Lipinski definition) is 4. The maximum absolute atomic E-state index is 13.6. The van der Waals surface area contributed by atoms with Crippen molar-refractivity contribution in [3.8, 4) is 5.88 Å². The number of carbonyl (C=O) groups excluding carboxylic acids is 1. The predicted molar refractivity (Wildman–Crippen MR) is 126 cm³/mol. The Kier molecular flexibility index (Phi) is 7.71. The first-order valence-electron chi connectivity index (χ1n) is 10.5. The summed E-state index contributed by atoms with van der Waals surface area (Å²) in [6.45, 7) is 4.17. The van der Waals surface area contributed by atoms with Gasteiger partial charge in [0.25, 0.3) is 5.56 Å². The molecule has 0 spiro atoms. The van der Waals surface area contributed by atoms with Crippen LogP contribution in [0.2, 0.25) is 0 Å². The van der Waals surface area contributed by atoms with Crippen molar-refractivity contribution in [1.82, 2.24) is 9.13 Å². The van der Waals surface area contributed by atoms with Gasteiger partial charge in [0.15, 0.2) is 10.6 Å². The molecule has 0 saturated heterocycles. The average molecular weight is 471 g/mol. The predicted octanol–water partition coefficient (Wildman–Crippen LogP) is 5.21. The largest absolute Gasteiger partial charge is 0.494 e. The van der Waals surface area contributed by atoms with Gasteiger partial charge in [-0.05, 0) is 67.5 Å². The van der Waals surface area contributed by atoms with E-state index in [0.29, 0.717) is 24.2 Å². The maximum Gasteiger partial charge on any atom is 0.261 e. The van der Waals surface area contributed by atoms with Crippen LogP contribution in [0, 0.1) is 16.4 Å². The molecule has 3 rings (SSSR count). The van der Waals surface area contributed by atoms with Gasteiger partial charge >= 0.3 is 0 Å². The molecule has 1 N–H and O–H groups in total. The van der Waals surface area contributed by atoms with E-state index >= 15 is 0 Å². The number of ketones is 1. The molecule has 8 heteroatoms. The number of hydrogen-bond donors (Lipinski definition) is 1. The van der Waals surface area contributed by atoms with Gasteiger partial charge in [-0.2, -0.15) is 0 Å². The molecule has 5 nitrogen and oxygen atoms in total. The zero-order chi connectivity index (χ0) is 24.1. The minimum atomic E-state index is -0.824. The third-order valence-electron chi connectivity index (χ3n) is 5.42. The van der Waals surface area contributed by atoms with Crippen LogP contribution in [0.1, 0.15) is 42.9 Å². The van der Waals surface area contributed by atoms with Crippen molar-refractivity contribution in [2.24, 2.45) is 0 Å². The van der Waals surface area contributed by atoms with Crippen molar-refractivity contribution in [2.45, 2.75) is 39.3 Å². The van der Waals surface area contributed by atoms with E-state index in [1.54, 1.807) is 19.9 Å². The van der Waals surface area contributed by atoms with Crippen LogP contribution in [-0.2, 0) is 17.9 Å². The number of nitrogens with zero attached hydrogens (tertiary/aromatic N) is 2. The Morgan fingerprint density at radius 1 is 1.00 bits per heavy atom. The SMILES string of the molecule is CCn1c(O)c(C(CC(=O)/C=C/c2ccc(F)cc2)c2ccc(F)cc2)c(=O)n(CC)c1=S. The van der Waals surface area contributed by atoms with Crippen molar-refractivity contribution >= 4 is 24.1 Å². The molecule has 1 aromatic heterocycles. The normalized spacial score (nSPS) is 12.2. The van der Waals surface area contributed by atoms with E-state index < -0.39 is 17.3 Å². The summed E-state index contributed by atoms with van der Waals surface area (Å²) >= 11 is 5.35. The van der Waals surface area contributed by atoms with Gasteiger partial charge in [-0.25, -0.2) is 8.78 Å². The smallest absolute Gasteiger partial charge is 0.261 e. The van der Waals surface area contributed by atoms with Crippen molar-refractivity contribution in [3.05, 3.63) is 98.1 Å². The first-order chi connectivity index (χ1) is 15.8. The fourth-order valence-electron chi connectivity index (χ4n) is 3.69. The molecule has 0 fully saturated rings. The number of benzene rings is 2. The highest BCUT2D eigenvalue weighted by Gasteiger charge is 2.27. The number of aromatic nitrogens is 2. The van der Waals surface area contributed by atoms with E-state index in [0.717, 1.165) is 0 Å². The zero-order valence-electron chi connectivity index (χ0n) is 18.3. The number of carbonyl (C=O) groups is 1.